The smallest absolute Gasteiger partial charge is 0.257 e. The summed E-state index contributed by atoms with van der Waals surface area (Å²) in [4.78, 5) is 35.8. The first-order valence-corrected chi connectivity index (χ1v) is 8.55. The normalized spacial score (nSPS) is 10.4. The lowest BCUT2D eigenvalue weighted by atomic mass is 10.2. The van der Waals surface area contributed by atoms with Crippen molar-refractivity contribution in [3.63, 3.8) is 0 Å². The molecule has 6 nitrogen and oxygen atoms in total. The van der Waals surface area contributed by atoms with E-state index in [1.807, 2.05) is 0 Å². The highest BCUT2D eigenvalue weighted by Crippen LogP contribution is 2.16. The number of anilines is 2. The molecular formula is C21H18FN3O3. The lowest BCUT2D eigenvalue weighted by Crippen LogP contribution is -2.23. The Balaban J connectivity index is 1.80. The summed E-state index contributed by atoms with van der Waals surface area (Å²) in [6, 6.07) is 15.5. The second kappa shape index (κ2) is 8.30. The van der Waals surface area contributed by atoms with Crippen LogP contribution in [0.2, 0.25) is 0 Å². The Hall–Kier alpha value is -3.74. The summed E-state index contributed by atoms with van der Waals surface area (Å²) in [5, 5.41) is 5.35. The summed E-state index contributed by atoms with van der Waals surface area (Å²) in [6.07, 6.45) is 1.39. The SMILES string of the molecule is CC(=O)Nc1cccc(NC(=O)c2ccc(=O)n(Cc3ccccc3F)c2)c1. The van der Waals surface area contributed by atoms with Gasteiger partial charge in [0.05, 0.1) is 12.1 Å². The standard InChI is InChI=1S/C21H18FN3O3/c1-14(26)23-17-6-4-7-18(11-17)24-21(28)16-9-10-20(27)25(13-16)12-15-5-2-3-8-19(15)22/h2-11,13H,12H2,1H3,(H,23,26)(H,24,28). The van der Waals surface area contributed by atoms with Gasteiger partial charge in [0, 0.05) is 36.1 Å². The number of nitrogens with zero attached hydrogens (tertiary/aromatic N) is 1. The van der Waals surface area contributed by atoms with Gasteiger partial charge in [-0.1, -0.05) is 24.3 Å². The number of hydrogen-bond acceptors (Lipinski definition) is 3. The summed E-state index contributed by atoms with van der Waals surface area (Å²) >= 11 is 0. The zero-order chi connectivity index (χ0) is 20.1. The third-order valence-electron chi connectivity index (χ3n) is 3.98. The molecule has 142 valence electrons. The highest BCUT2D eigenvalue weighted by atomic mass is 19.1. The third kappa shape index (κ3) is 4.70. The molecule has 1 heterocycles. The first-order chi connectivity index (χ1) is 13.4. The number of halogens is 1. The molecule has 0 unspecified atom stereocenters. The van der Waals surface area contributed by atoms with E-state index < -0.39 is 11.7 Å². The molecule has 7 heteroatoms. The number of carbonyl (C=O) groups is 2. The quantitative estimate of drug-likeness (QED) is 0.714. The number of pyridine rings is 1. The van der Waals surface area contributed by atoms with Gasteiger partial charge in [-0.3, -0.25) is 14.4 Å². The van der Waals surface area contributed by atoms with Crippen LogP contribution in [0.5, 0.6) is 0 Å². The maximum absolute atomic E-state index is 13.9. The van der Waals surface area contributed by atoms with Crippen LogP contribution in [0.3, 0.4) is 0 Å². The minimum Gasteiger partial charge on any atom is -0.326 e. The van der Waals surface area contributed by atoms with Gasteiger partial charge in [-0.05, 0) is 30.3 Å². The molecule has 1 aromatic heterocycles. The summed E-state index contributed by atoms with van der Waals surface area (Å²) in [5.74, 6) is -1.06. The van der Waals surface area contributed by atoms with E-state index in [9.17, 15) is 18.8 Å². The van der Waals surface area contributed by atoms with Gasteiger partial charge < -0.3 is 15.2 Å². The van der Waals surface area contributed by atoms with Crippen molar-refractivity contribution in [3.8, 4) is 0 Å². The Morgan fingerprint density at radius 3 is 2.39 bits per heavy atom. The third-order valence-corrected chi connectivity index (χ3v) is 3.98. The Morgan fingerprint density at radius 1 is 0.964 bits per heavy atom. The number of nitrogens with one attached hydrogen (secondary N) is 2. The molecule has 0 aliphatic carbocycles. The van der Waals surface area contributed by atoms with Crippen molar-refractivity contribution < 1.29 is 14.0 Å². The number of carbonyl (C=O) groups excluding carboxylic acids is 2. The van der Waals surface area contributed by atoms with E-state index in [4.69, 9.17) is 0 Å². The maximum Gasteiger partial charge on any atom is 0.257 e. The molecule has 28 heavy (non-hydrogen) atoms. The van der Waals surface area contributed by atoms with Crippen LogP contribution in [-0.4, -0.2) is 16.4 Å². The number of amides is 2. The second-order valence-electron chi connectivity index (χ2n) is 6.19. The predicted octanol–water partition coefficient (Wildman–Crippen LogP) is 3.25. The lowest BCUT2D eigenvalue weighted by Gasteiger charge is -2.10. The lowest BCUT2D eigenvalue weighted by molar-refractivity contribution is -0.114. The average Bonchev–Trinajstić information content (AvgIpc) is 2.65. The molecule has 0 aliphatic heterocycles. The Kier molecular flexibility index (Phi) is 5.64. The molecule has 0 saturated heterocycles. The fourth-order valence-corrected chi connectivity index (χ4v) is 2.68. The Morgan fingerprint density at radius 2 is 1.68 bits per heavy atom. The number of hydrogen-bond donors (Lipinski definition) is 2. The van der Waals surface area contributed by atoms with E-state index in [0.717, 1.165) is 0 Å². The van der Waals surface area contributed by atoms with Gasteiger partial charge in [-0.2, -0.15) is 0 Å². The fraction of sp³-hybridized carbons (Fsp3) is 0.0952. The molecule has 2 amide bonds. The Bertz CT molecular complexity index is 1090. The molecule has 0 aliphatic rings. The van der Waals surface area contributed by atoms with Crippen LogP contribution >= 0.6 is 0 Å². The van der Waals surface area contributed by atoms with Crippen molar-refractivity contribution in [2.24, 2.45) is 0 Å². The minimum absolute atomic E-state index is 0.0185. The average molecular weight is 379 g/mol. The molecule has 2 N–H and O–H groups in total. The van der Waals surface area contributed by atoms with Gasteiger partial charge in [0.15, 0.2) is 0 Å². The van der Waals surface area contributed by atoms with Crippen molar-refractivity contribution in [1.29, 1.82) is 0 Å². The van der Waals surface area contributed by atoms with Crippen LogP contribution in [-0.2, 0) is 11.3 Å². The van der Waals surface area contributed by atoms with Crippen LogP contribution in [0, 0.1) is 5.82 Å². The van der Waals surface area contributed by atoms with Crippen molar-refractivity contribution in [1.82, 2.24) is 4.57 Å². The molecule has 3 rings (SSSR count). The zero-order valence-corrected chi connectivity index (χ0v) is 15.1. The molecule has 0 atom stereocenters. The van der Waals surface area contributed by atoms with Gasteiger partial charge in [-0.25, -0.2) is 4.39 Å². The monoisotopic (exact) mass is 379 g/mol. The minimum atomic E-state index is -0.428. The maximum atomic E-state index is 13.9. The number of benzene rings is 2. The van der Waals surface area contributed by atoms with E-state index >= 15 is 0 Å². The number of aromatic nitrogens is 1. The summed E-state index contributed by atoms with van der Waals surface area (Å²) in [6.45, 7) is 1.41. The van der Waals surface area contributed by atoms with Crippen LogP contribution in [0.1, 0.15) is 22.8 Å². The van der Waals surface area contributed by atoms with Gasteiger partial charge in [-0.15, -0.1) is 0 Å². The topological polar surface area (TPSA) is 80.2 Å². The molecular weight excluding hydrogens is 361 g/mol. The van der Waals surface area contributed by atoms with Gasteiger partial charge >= 0.3 is 0 Å². The highest BCUT2D eigenvalue weighted by Gasteiger charge is 2.10. The molecule has 2 aromatic carbocycles. The molecule has 0 saturated carbocycles. The highest BCUT2D eigenvalue weighted by molar-refractivity contribution is 6.04. The number of rotatable bonds is 5. The molecule has 3 aromatic rings. The first kappa shape index (κ1) is 19.0. The van der Waals surface area contributed by atoms with Crippen LogP contribution in [0.4, 0.5) is 15.8 Å². The van der Waals surface area contributed by atoms with Crippen LogP contribution in [0.15, 0.2) is 71.7 Å². The Labute approximate surface area is 160 Å². The van der Waals surface area contributed by atoms with Crippen molar-refractivity contribution >= 4 is 23.2 Å². The first-order valence-electron chi connectivity index (χ1n) is 8.55. The van der Waals surface area contributed by atoms with Crippen molar-refractivity contribution in [2.45, 2.75) is 13.5 Å². The predicted molar refractivity (Wildman–Crippen MR) is 105 cm³/mol. The summed E-state index contributed by atoms with van der Waals surface area (Å²) in [5.41, 5.74) is 1.30. The summed E-state index contributed by atoms with van der Waals surface area (Å²) in [7, 11) is 0. The fourth-order valence-electron chi connectivity index (χ4n) is 2.68. The van der Waals surface area contributed by atoms with Crippen molar-refractivity contribution in [3.05, 3.63) is 94.2 Å². The molecule has 0 spiro atoms. The van der Waals surface area contributed by atoms with Gasteiger partial charge in [0.1, 0.15) is 5.82 Å². The zero-order valence-electron chi connectivity index (χ0n) is 15.1. The molecule has 0 fully saturated rings. The van der Waals surface area contributed by atoms with E-state index in [2.05, 4.69) is 10.6 Å². The van der Waals surface area contributed by atoms with Gasteiger partial charge in [0.2, 0.25) is 5.91 Å². The van der Waals surface area contributed by atoms with E-state index in [0.29, 0.717) is 16.9 Å². The van der Waals surface area contributed by atoms with E-state index in [1.54, 1.807) is 42.5 Å². The second-order valence-corrected chi connectivity index (χ2v) is 6.19. The van der Waals surface area contributed by atoms with Crippen LogP contribution < -0.4 is 16.2 Å². The van der Waals surface area contributed by atoms with Crippen molar-refractivity contribution in [2.75, 3.05) is 10.6 Å². The largest absolute Gasteiger partial charge is 0.326 e. The summed E-state index contributed by atoms with van der Waals surface area (Å²) < 4.78 is 15.1. The van der Waals surface area contributed by atoms with E-state index in [1.165, 1.54) is 35.9 Å². The van der Waals surface area contributed by atoms with Gasteiger partial charge in [0.25, 0.3) is 11.5 Å². The molecule has 0 radical (unpaired) electrons. The van der Waals surface area contributed by atoms with Crippen LogP contribution in [0.25, 0.3) is 0 Å². The molecule has 0 bridgehead atoms. The van der Waals surface area contributed by atoms with E-state index in [-0.39, 0.29) is 23.6 Å².